The Balaban J connectivity index is 1.00. The van der Waals surface area contributed by atoms with Crippen molar-refractivity contribution in [3.63, 3.8) is 0 Å². The number of ether oxygens (including phenoxy) is 6. The van der Waals surface area contributed by atoms with Crippen LogP contribution in [0.2, 0.25) is 0 Å². The molecule has 15 nitrogen and oxygen atoms in total. The molecule has 7 aromatic rings. The maximum Gasteiger partial charge on any atom is 0.294 e. The van der Waals surface area contributed by atoms with Crippen LogP contribution in [0.15, 0.2) is 178 Å². The van der Waals surface area contributed by atoms with Crippen molar-refractivity contribution in [1.29, 1.82) is 0 Å². The Bertz CT molecular complexity index is 2710. The first-order chi connectivity index (χ1) is 31.9. The highest BCUT2D eigenvalue weighted by Gasteiger charge is 2.12. The van der Waals surface area contributed by atoms with E-state index in [4.69, 9.17) is 33.7 Å². The lowest BCUT2D eigenvalue weighted by Gasteiger charge is -2.14. The zero-order valence-corrected chi connectivity index (χ0v) is 37.2. The number of rotatable bonds is 23. The number of hydrogen-bond acceptors (Lipinski definition) is 14. The van der Waals surface area contributed by atoms with E-state index in [0.717, 1.165) is 50.3 Å². The van der Waals surface area contributed by atoms with Crippen LogP contribution in [-0.2, 0) is 29.6 Å². The van der Waals surface area contributed by atoms with E-state index in [-0.39, 0.29) is 36.2 Å². The molecule has 3 N–H and O–H groups in total. The Kier molecular flexibility index (Phi) is 16.2. The minimum Gasteiger partial charge on any atom is -0.490 e. The number of benzene rings is 7. The Morgan fingerprint density at radius 2 is 0.591 bits per heavy atom. The van der Waals surface area contributed by atoms with Gasteiger partial charge in [-0.05, 0) is 161 Å². The van der Waals surface area contributed by atoms with Gasteiger partial charge < -0.3 is 28.4 Å². The van der Waals surface area contributed by atoms with Gasteiger partial charge in [-0.1, -0.05) is 41.4 Å². The van der Waals surface area contributed by atoms with Crippen LogP contribution < -0.4 is 28.4 Å². The highest BCUT2D eigenvalue weighted by molar-refractivity contribution is 7.94. The lowest BCUT2D eigenvalue weighted by atomic mass is 9.93. The van der Waals surface area contributed by atoms with E-state index in [1.807, 2.05) is 72.8 Å². The summed E-state index contributed by atoms with van der Waals surface area (Å²) < 4.78 is 103. The summed E-state index contributed by atoms with van der Waals surface area (Å²) in [7, 11) is -8.58. The fourth-order valence-electron chi connectivity index (χ4n) is 6.38. The van der Waals surface area contributed by atoms with Crippen LogP contribution in [0.25, 0.3) is 33.4 Å². The zero-order chi connectivity index (χ0) is 46.4. The summed E-state index contributed by atoms with van der Waals surface area (Å²) >= 11 is 0.861. The van der Waals surface area contributed by atoms with Gasteiger partial charge in [0.25, 0.3) is 20.2 Å². The Hall–Kier alpha value is -6.61. The summed E-state index contributed by atoms with van der Waals surface area (Å²) in [5.74, 6) is 3.47. The molecule has 0 radical (unpaired) electrons. The lowest BCUT2D eigenvalue weighted by Crippen LogP contribution is -2.09. The number of hydrogen-bond donors (Lipinski definition) is 3. The minimum atomic E-state index is -4.29. The molecule has 0 unspecified atom stereocenters. The summed E-state index contributed by atoms with van der Waals surface area (Å²) in [6.45, 7) is 1.52. The standard InChI is InChI=1S/C48H42O15S3/c49-62-63-64-46-19-13-43(14-20-46)59-28-25-56-40-7-1-34(2-8-40)37-31-38(35-3-9-41(10-4-35)57-26-29-60-44-15-21-47(22-16-44)65(50,51)52)33-39(32-37)36-5-11-42(12-6-36)58-27-30-61-45-17-23-48(24-18-45)66(53,54)55/h1-24,31-33,49H,25-30H2,(H,50,51,52)(H,53,54,55). The molecule has 0 spiro atoms. The highest BCUT2D eigenvalue weighted by atomic mass is 32.2. The zero-order valence-electron chi connectivity index (χ0n) is 34.8. The first-order valence-electron chi connectivity index (χ1n) is 20.0. The van der Waals surface area contributed by atoms with Crippen molar-refractivity contribution in [3.05, 3.63) is 164 Å². The van der Waals surface area contributed by atoms with Gasteiger partial charge in [-0.25, -0.2) is 5.26 Å². The van der Waals surface area contributed by atoms with Crippen LogP contribution in [0, 0.1) is 0 Å². The normalized spacial score (nSPS) is 11.4. The smallest absolute Gasteiger partial charge is 0.294 e. The Morgan fingerprint density at radius 3 is 0.833 bits per heavy atom. The third kappa shape index (κ3) is 13.9. The molecule has 0 aliphatic rings. The van der Waals surface area contributed by atoms with Crippen LogP contribution in [0.3, 0.4) is 0 Å². The van der Waals surface area contributed by atoms with E-state index in [1.165, 1.54) is 48.5 Å². The van der Waals surface area contributed by atoms with Crippen molar-refractivity contribution < 1.29 is 69.0 Å². The van der Waals surface area contributed by atoms with E-state index in [1.54, 1.807) is 24.3 Å². The molecule has 0 fully saturated rings. The maximum atomic E-state index is 11.3. The SMILES string of the molecule is O=S(=O)(O)c1ccc(OCCOc2ccc(-c3cc(-c4ccc(OCCOc5ccc(SOOO)cc5)cc4)cc(-c4ccc(OCCOc5ccc(S(=O)(=O)O)cc5)cc4)c3)cc2)cc1. The molecule has 0 aromatic heterocycles. The molecule has 7 rings (SSSR count). The quantitative estimate of drug-likeness (QED) is 0.0179. The fourth-order valence-corrected chi connectivity index (χ4v) is 7.69. The molecule has 66 heavy (non-hydrogen) atoms. The van der Waals surface area contributed by atoms with Crippen LogP contribution in [0.5, 0.6) is 34.5 Å². The van der Waals surface area contributed by atoms with Gasteiger partial charge in [-0.3, -0.25) is 9.11 Å². The summed E-state index contributed by atoms with van der Waals surface area (Å²) in [6.07, 6.45) is 0. The summed E-state index contributed by atoms with van der Waals surface area (Å²) in [4.78, 5) is 0.286. The molecule has 18 heteroatoms. The second-order valence-electron chi connectivity index (χ2n) is 14.1. The van der Waals surface area contributed by atoms with Gasteiger partial charge in [0.2, 0.25) is 0 Å². The van der Waals surface area contributed by atoms with E-state index in [2.05, 4.69) is 27.6 Å². The molecule has 0 amide bonds. The van der Waals surface area contributed by atoms with Crippen molar-refractivity contribution in [2.24, 2.45) is 0 Å². The Labute approximate surface area is 385 Å². The fraction of sp³-hybridized carbons (Fsp3) is 0.125. The van der Waals surface area contributed by atoms with Crippen molar-refractivity contribution in [3.8, 4) is 67.9 Å². The monoisotopic (exact) mass is 954 g/mol. The molecule has 0 aliphatic carbocycles. The molecule has 0 heterocycles. The van der Waals surface area contributed by atoms with Crippen LogP contribution in [0.4, 0.5) is 0 Å². The molecule has 0 aliphatic heterocycles. The molecule has 0 atom stereocenters. The Morgan fingerprint density at radius 1 is 0.348 bits per heavy atom. The molecule has 7 aromatic carbocycles. The highest BCUT2D eigenvalue weighted by Crippen LogP contribution is 2.35. The third-order valence-electron chi connectivity index (χ3n) is 9.59. The summed E-state index contributed by atoms with van der Waals surface area (Å²) in [5.41, 5.74) is 5.77. The van der Waals surface area contributed by atoms with Crippen molar-refractivity contribution >= 4 is 32.3 Å². The van der Waals surface area contributed by atoms with Crippen LogP contribution in [-0.4, -0.2) is 70.8 Å². The minimum absolute atomic E-state index is 0.207. The topological polar surface area (TPSA) is 203 Å². The van der Waals surface area contributed by atoms with Crippen molar-refractivity contribution in [1.82, 2.24) is 0 Å². The van der Waals surface area contributed by atoms with E-state index in [9.17, 15) is 25.9 Å². The van der Waals surface area contributed by atoms with Gasteiger partial charge in [0.05, 0.1) is 21.8 Å². The van der Waals surface area contributed by atoms with Gasteiger partial charge in [-0.15, -0.1) is 4.33 Å². The molecular formula is C48H42O15S3. The maximum absolute atomic E-state index is 11.3. The van der Waals surface area contributed by atoms with E-state index in [0.29, 0.717) is 47.7 Å². The third-order valence-corrected chi connectivity index (χ3v) is 11.9. The second kappa shape index (κ2) is 22.5. The molecule has 0 saturated heterocycles. The van der Waals surface area contributed by atoms with Crippen molar-refractivity contribution in [2.45, 2.75) is 14.7 Å². The van der Waals surface area contributed by atoms with E-state index < -0.39 is 20.2 Å². The average Bonchev–Trinajstić information content (AvgIpc) is 3.33. The predicted molar refractivity (Wildman–Crippen MR) is 245 cm³/mol. The van der Waals surface area contributed by atoms with Gasteiger partial charge in [0.15, 0.2) is 0 Å². The molecular weight excluding hydrogens is 913 g/mol. The molecule has 0 saturated carbocycles. The van der Waals surface area contributed by atoms with Gasteiger partial charge >= 0.3 is 0 Å². The largest absolute Gasteiger partial charge is 0.490 e. The average molecular weight is 955 g/mol. The summed E-state index contributed by atoms with van der Waals surface area (Å²) in [6, 6.07) is 47.5. The van der Waals surface area contributed by atoms with Crippen LogP contribution >= 0.6 is 12.0 Å². The summed E-state index contributed by atoms with van der Waals surface area (Å²) in [5, 5.41) is 11.9. The van der Waals surface area contributed by atoms with Crippen LogP contribution in [0.1, 0.15) is 0 Å². The van der Waals surface area contributed by atoms with Gasteiger partial charge in [-0.2, -0.15) is 16.8 Å². The first-order valence-corrected chi connectivity index (χ1v) is 23.6. The molecule has 0 bridgehead atoms. The van der Waals surface area contributed by atoms with Crippen molar-refractivity contribution in [2.75, 3.05) is 39.6 Å². The van der Waals surface area contributed by atoms with E-state index >= 15 is 0 Å². The van der Waals surface area contributed by atoms with Gasteiger partial charge in [0, 0.05) is 4.90 Å². The lowest BCUT2D eigenvalue weighted by molar-refractivity contribution is -0.432. The predicted octanol–water partition coefficient (Wildman–Crippen LogP) is 9.98. The molecule has 342 valence electrons. The van der Waals surface area contributed by atoms with Gasteiger partial charge in [0.1, 0.15) is 74.1 Å². The second-order valence-corrected chi connectivity index (χ2v) is 17.7. The first kappa shape index (κ1) is 47.4.